The Morgan fingerprint density at radius 1 is 1.05 bits per heavy atom. The molecule has 0 atom stereocenters. The molecule has 0 amide bonds. The van der Waals surface area contributed by atoms with Crippen LogP contribution in [0.1, 0.15) is 26.7 Å². The maximum atomic E-state index is 11.3. The van der Waals surface area contributed by atoms with Gasteiger partial charge in [-0.25, -0.2) is 0 Å². The van der Waals surface area contributed by atoms with Gasteiger partial charge in [0.05, 0.1) is 11.0 Å². The highest BCUT2D eigenvalue weighted by Crippen LogP contribution is 2.15. The number of benzene rings is 1. The molecule has 19 heavy (non-hydrogen) atoms. The molecular formula is C14H19N3O2. The van der Waals surface area contributed by atoms with Crippen molar-refractivity contribution in [3.05, 3.63) is 38.9 Å². The first kappa shape index (κ1) is 13.4. The zero-order chi connectivity index (χ0) is 13.8. The van der Waals surface area contributed by atoms with Gasteiger partial charge in [-0.05, 0) is 24.1 Å². The molecule has 0 aliphatic carbocycles. The first-order valence-corrected chi connectivity index (χ1v) is 6.64. The Kier molecular flexibility index (Phi) is 4.04. The molecule has 0 fully saturated rings. The molecule has 102 valence electrons. The number of aromatic amines is 2. The number of rotatable bonds is 5. The lowest BCUT2D eigenvalue weighted by molar-refractivity contribution is 0.519. The SMILES string of the molecule is CCC(CC)CNc1ccc2[nH]c(=O)c(=O)[nH]c2c1. The molecule has 1 aromatic heterocycles. The van der Waals surface area contributed by atoms with Crippen LogP contribution in [0.3, 0.4) is 0 Å². The van der Waals surface area contributed by atoms with Crippen LogP contribution >= 0.6 is 0 Å². The van der Waals surface area contributed by atoms with Crippen molar-refractivity contribution < 1.29 is 0 Å². The monoisotopic (exact) mass is 261 g/mol. The van der Waals surface area contributed by atoms with Crippen LogP contribution in [0.4, 0.5) is 5.69 Å². The molecule has 1 aromatic carbocycles. The summed E-state index contributed by atoms with van der Waals surface area (Å²) in [6.45, 7) is 5.27. The standard InChI is InChI=1S/C14H19N3O2/c1-3-9(4-2)8-15-10-5-6-11-12(7-10)17-14(19)13(18)16-11/h5-7,9,15H,3-4,8H2,1-2H3,(H,16,18)(H,17,19). The van der Waals surface area contributed by atoms with Gasteiger partial charge in [0.1, 0.15) is 0 Å². The van der Waals surface area contributed by atoms with E-state index in [-0.39, 0.29) is 0 Å². The summed E-state index contributed by atoms with van der Waals surface area (Å²) in [7, 11) is 0. The van der Waals surface area contributed by atoms with Gasteiger partial charge in [0.15, 0.2) is 0 Å². The predicted molar refractivity (Wildman–Crippen MR) is 77.8 cm³/mol. The Morgan fingerprint density at radius 2 is 1.68 bits per heavy atom. The van der Waals surface area contributed by atoms with Crippen LogP contribution in [-0.2, 0) is 0 Å². The van der Waals surface area contributed by atoms with Gasteiger partial charge >= 0.3 is 11.1 Å². The van der Waals surface area contributed by atoms with Crippen molar-refractivity contribution in [2.45, 2.75) is 26.7 Å². The van der Waals surface area contributed by atoms with E-state index in [0.717, 1.165) is 25.1 Å². The molecule has 0 bridgehead atoms. The van der Waals surface area contributed by atoms with Crippen LogP contribution in [-0.4, -0.2) is 16.5 Å². The maximum Gasteiger partial charge on any atom is 0.314 e. The average molecular weight is 261 g/mol. The van der Waals surface area contributed by atoms with Gasteiger partial charge in [-0.3, -0.25) is 9.59 Å². The lowest BCUT2D eigenvalue weighted by atomic mass is 10.0. The zero-order valence-electron chi connectivity index (χ0n) is 11.2. The van der Waals surface area contributed by atoms with Crippen LogP contribution in [0.15, 0.2) is 27.8 Å². The predicted octanol–water partition coefficient (Wildman–Crippen LogP) is 2.06. The summed E-state index contributed by atoms with van der Waals surface area (Å²) in [6.07, 6.45) is 2.28. The van der Waals surface area contributed by atoms with Crippen molar-refractivity contribution in [2.75, 3.05) is 11.9 Å². The Balaban J connectivity index is 2.24. The van der Waals surface area contributed by atoms with Gasteiger partial charge in [0.2, 0.25) is 0 Å². The van der Waals surface area contributed by atoms with E-state index < -0.39 is 11.1 Å². The highest BCUT2D eigenvalue weighted by molar-refractivity contribution is 5.78. The van der Waals surface area contributed by atoms with Crippen LogP contribution in [0.5, 0.6) is 0 Å². The smallest absolute Gasteiger partial charge is 0.314 e. The molecule has 1 heterocycles. The average Bonchev–Trinajstić information content (AvgIpc) is 2.41. The Hall–Kier alpha value is -2.04. The Labute approximate surface area is 111 Å². The van der Waals surface area contributed by atoms with Crippen LogP contribution < -0.4 is 16.4 Å². The molecule has 5 heteroatoms. The number of hydrogen-bond acceptors (Lipinski definition) is 3. The minimum absolute atomic E-state index is 0.620. The van der Waals surface area contributed by atoms with Crippen molar-refractivity contribution in [1.29, 1.82) is 0 Å². The zero-order valence-corrected chi connectivity index (χ0v) is 11.2. The highest BCUT2D eigenvalue weighted by Gasteiger charge is 2.04. The Morgan fingerprint density at radius 3 is 2.32 bits per heavy atom. The largest absolute Gasteiger partial charge is 0.385 e. The third-order valence-electron chi connectivity index (χ3n) is 3.47. The number of hydrogen-bond donors (Lipinski definition) is 3. The van der Waals surface area contributed by atoms with E-state index >= 15 is 0 Å². The topological polar surface area (TPSA) is 77.8 Å². The van der Waals surface area contributed by atoms with Crippen molar-refractivity contribution in [1.82, 2.24) is 9.97 Å². The number of aromatic nitrogens is 2. The van der Waals surface area contributed by atoms with Crippen LogP contribution in [0, 0.1) is 5.92 Å². The summed E-state index contributed by atoms with van der Waals surface area (Å²) in [5.41, 5.74) is 0.980. The molecule has 0 saturated heterocycles. The fraction of sp³-hybridized carbons (Fsp3) is 0.429. The molecular weight excluding hydrogens is 242 g/mol. The molecule has 0 unspecified atom stereocenters. The third-order valence-corrected chi connectivity index (χ3v) is 3.47. The molecule has 2 aromatic rings. The van der Waals surface area contributed by atoms with Crippen LogP contribution in [0.25, 0.3) is 11.0 Å². The first-order valence-electron chi connectivity index (χ1n) is 6.64. The van der Waals surface area contributed by atoms with Gasteiger partial charge in [0.25, 0.3) is 0 Å². The first-order chi connectivity index (χ1) is 9.13. The number of anilines is 1. The fourth-order valence-electron chi connectivity index (χ4n) is 2.06. The van der Waals surface area contributed by atoms with Gasteiger partial charge < -0.3 is 15.3 Å². The van der Waals surface area contributed by atoms with E-state index in [1.807, 2.05) is 12.1 Å². The summed E-state index contributed by atoms with van der Waals surface area (Å²) in [5, 5.41) is 3.36. The van der Waals surface area contributed by atoms with Crippen molar-refractivity contribution in [3.8, 4) is 0 Å². The van der Waals surface area contributed by atoms with E-state index in [4.69, 9.17) is 0 Å². The van der Waals surface area contributed by atoms with Crippen molar-refractivity contribution in [2.24, 2.45) is 5.92 Å². The molecule has 0 saturated carbocycles. The summed E-state index contributed by atoms with van der Waals surface area (Å²) in [4.78, 5) is 27.6. The molecule has 0 spiro atoms. The number of nitrogens with one attached hydrogen (secondary N) is 3. The number of fused-ring (bicyclic) bond motifs is 1. The van der Waals surface area contributed by atoms with E-state index in [2.05, 4.69) is 29.1 Å². The summed E-state index contributed by atoms with van der Waals surface area (Å²) >= 11 is 0. The van der Waals surface area contributed by atoms with Gasteiger partial charge in [-0.15, -0.1) is 0 Å². The quantitative estimate of drug-likeness (QED) is 0.721. The second-order valence-corrected chi connectivity index (χ2v) is 4.73. The second-order valence-electron chi connectivity index (χ2n) is 4.73. The fourth-order valence-corrected chi connectivity index (χ4v) is 2.06. The van der Waals surface area contributed by atoms with Crippen molar-refractivity contribution >= 4 is 16.7 Å². The summed E-state index contributed by atoms with van der Waals surface area (Å²) in [6, 6.07) is 5.54. The normalized spacial score (nSPS) is 11.1. The van der Waals surface area contributed by atoms with Crippen molar-refractivity contribution in [3.63, 3.8) is 0 Å². The van der Waals surface area contributed by atoms with Gasteiger partial charge in [-0.1, -0.05) is 26.7 Å². The second kappa shape index (κ2) is 5.73. The summed E-state index contributed by atoms with van der Waals surface area (Å²) < 4.78 is 0. The lowest BCUT2D eigenvalue weighted by Gasteiger charge is -2.14. The van der Waals surface area contributed by atoms with E-state index in [1.165, 1.54) is 0 Å². The van der Waals surface area contributed by atoms with E-state index in [0.29, 0.717) is 17.0 Å². The molecule has 5 nitrogen and oxygen atoms in total. The summed E-state index contributed by atoms with van der Waals surface area (Å²) in [5.74, 6) is 0.644. The molecule has 0 aliphatic heterocycles. The molecule has 3 N–H and O–H groups in total. The minimum Gasteiger partial charge on any atom is -0.385 e. The third kappa shape index (κ3) is 3.05. The molecule has 2 rings (SSSR count). The lowest BCUT2D eigenvalue weighted by Crippen LogP contribution is -2.28. The maximum absolute atomic E-state index is 11.3. The van der Waals surface area contributed by atoms with Gasteiger partial charge in [-0.2, -0.15) is 0 Å². The van der Waals surface area contributed by atoms with E-state index in [1.54, 1.807) is 6.07 Å². The molecule has 0 aliphatic rings. The van der Waals surface area contributed by atoms with E-state index in [9.17, 15) is 9.59 Å². The number of H-pyrrole nitrogens is 2. The highest BCUT2D eigenvalue weighted by atomic mass is 16.2. The minimum atomic E-state index is -0.621. The van der Waals surface area contributed by atoms with Gasteiger partial charge in [0, 0.05) is 12.2 Å². The molecule has 0 radical (unpaired) electrons. The van der Waals surface area contributed by atoms with Crippen LogP contribution in [0.2, 0.25) is 0 Å². The Bertz CT molecular complexity index is 668.